The van der Waals surface area contributed by atoms with Crippen molar-refractivity contribution in [3.8, 4) is 22.8 Å². The van der Waals surface area contributed by atoms with Crippen LogP contribution in [0.2, 0.25) is 0 Å². The monoisotopic (exact) mass is 313 g/mol. The Morgan fingerprint density at radius 1 is 1.44 bits per heavy atom. The highest BCUT2D eigenvalue weighted by molar-refractivity contribution is 9.10. The Hall–Kier alpha value is -2.02. The maximum absolute atomic E-state index is 10.7. The second-order valence-corrected chi connectivity index (χ2v) is 4.24. The van der Waals surface area contributed by atoms with Crippen molar-refractivity contribution in [1.29, 1.82) is 0 Å². The van der Waals surface area contributed by atoms with Gasteiger partial charge in [-0.1, -0.05) is 5.16 Å². The van der Waals surface area contributed by atoms with E-state index in [1.165, 1.54) is 19.2 Å². The minimum atomic E-state index is -1.20. The Morgan fingerprint density at radius 2 is 2.17 bits per heavy atom. The lowest BCUT2D eigenvalue weighted by Gasteiger charge is -2.06. The van der Waals surface area contributed by atoms with E-state index in [4.69, 9.17) is 14.4 Å². The van der Waals surface area contributed by atoms with E-state index in [1.807, 2.05) is 0 Å². The molecule has 0 fully saturated rings. The van der Waals surface area contributed by atoms with E-state index in [9.17, 15) is 9.90 Å². The van der Waals surface area contributed by atoms with Gasteiger partial charge in [-0.2, -0.15) is 0 Å². The van der Waals surface area contributed by atoms with E-state index in [1.54, 1.807) is 6.07 Å². The molecule has 2 N–H and O–H groups in total. The Balaban J connectivity index is 2.55. The molecule has 2 rings (SSSR count). The van der Waals surface area contributed by atoms with Crippen molar-refractivity contribution in [3.05, 3.63) is 28.4 Å². The summed E-state index contributed by atoms with van der Waals surface area (Å²) in [6.07, 6.45) is 0. The molecule has 0 saturated carbocycles. The number of methoxy groups -OCH3 is 1. The van der Waals surface area contributed by atoms with Crippen LogP contribution in [0.5, 0.6) is 11.5 Å². The van der Waals surface area contributed by atoms with Crippen LogP contribution in [0.15, 0.2) is 27.2 Å². The molecule has 18 heavy (non-hydrogen) atoms. The second kappa shape index (κ2) is 4.69. The molecule has 7 heteroatoms. The summed E-state index contributed by atoms with van der Waals surface area (Å²) in [5.41, 5.74) is 0.0598. The van der Waals surface area contributed by atoms with Crippen LogP contribution in [-0.4, -0.2) is 28.4 Å². The Kier molecular flexibility index (Phi) is 3.24. The summed E-state index contributed by atoms with van der Waals surface area (Å²) in [4.78, 5) is 10.7. The van der Waals surface area contributed by atoms with Gasteiger partial charge >= 0.3 is 5.97 Å². The van der Waals surface area contributed by atoms with Gasteiger partial charge in [0.25, 0.3) is 0 Å². The number of aromatic nitrogens is 1. The highest BCUT2D eigenvalue weighted by Gasteiger charge is 2.17. The first-order valence-corrected chi connectivity index (χ1v) is 5.59. The molecular weight excluding hydrogens is 306 g/mol. The van der Waals surface area contributed by atoms with Crippen LogP contribution in [0, 0.1) is 0 Å². The van der Waals surface area contributed by atoms with Gasteiger partial charge in [0.1, 0.15) is 11.5 Å². The molecule has 1 heterocycles. The van der Waals surface area contributed by atoms with Gasteiger partial charge < -0.3 is 19.5 Å². The quantitative estimate of drug-likeness (QED) is 0.904. The number of phenolic OH excluding ortho intramolecular Hbond substituents is 1. The number of aromatic hydroxyl groups is 1. The number of phenols is 1. The van der Waals surface area contributed by atoms with Crippen LogP contribution in [0.1, 0.15) is 10.5 Å². The Labute approximate surface area is 110 Å². The minimum Gasteiger partial charge on any atom is -0.506 e. The summed E-state index contributed by atoms with van der Waals surface area (Å²) >= 11 is 3.16. The smallest absolute Gasteiger partial charge is 0.358 e. The molecule has 6 nitrogen and oxygen atoms in total. The largest absolute Gasteiger partial charge is 0.506 e. The third-order valence-corrected chi connectivity index (χ3v) is 2.87. The SMILES string of the molecule is COc1cc(Br)c(O)c(-c2cc(C(=O)O)no2)c1. The normalized spacial score (nSPS) is 10.3. The van der Waals surface area contributed by atoms with Crippen molar-refractivity contribution in [2.45, 2.75) is 0 Å². The lowest BCUT2D eigenvalue weighted by Crippen LogP contribution is -1.94. The molecule has 94 valence electrons. The maximum atomic E-state index is 10.7. The fourth-order valence-corrected chi connectivity index (χ4v) is 1.82. The Morgan fingerprint density at radius 3 is 2.72 bits per heavy atom. The van der Waals surface area contributed by atoms with Crippen LogP contribution in [0.4, 0.5) is 0 Å². The molecule has 1 aromatic carbocycles. The number of carboxylic acid groups (broad SMARTS) is 1. The van der Waals surface area contributed by atoms with Gasteiger partial charge in [-0.3, -0.25) is 0 Å². The van der Waals surface area contributed by atoms with Gasteiger partial charge in [-0.25, -0.2) is 4.79 Å². The number of ether oxygens (including phenoxy) is 1. The summed E-state index contributed by atoms with van der Waals surface area (Å²) in [7, 11) is 1.48. The summed E-state index contributed by atoms with van der Waals surface area (Å²) < 4.78 is 10.3. The minimum absolute atomic E-state index is 0.0797. The van der Waals surface area contributed by atoms with E-state index in [0.29, 0.717) is 15.8 Å². The molecule has 0 saturated heterocycles. The van der Waals surface area contributed by atoms with Gasteiger partial charge in [0.2, 0.25) is 0 Å². The number of rotatable bonds is 3. The van der Waals surface area contributed by atoms with Gasteiger partial charge in [-0.15, -0.1) is 0 Å². The molecule has 1 aromatic heterocycles. The van der Waals surface area contributed by atoms with Crippen LogP contribution in [0.25, 0.3) is 11.3 Å². The van der Waals surface area contributed by atoms with Crippen LogP contribution in [0.3, 0.4) is 0 Å². The molecular formula is C11H8BrNO5. The zero-order valence-corrected chi connectivity index (χ0v) is 10.8. The number of nitrogens with zero attached hydrogens (tertiary/aromatic N) is 1. The number of aromatic carboxylic acids is 1. The number of carbonyl (C=O) groups is 1. The summed E-state index contributed by atoms with van der Waals surface area (Å²) in [6.45, 7) is 0. The average molecular weight is 314 g/mol. The molecule has 0 radical (unpaired) electrons. The zero-order valence-electron chi connectivity index (χ0n) is 9.18. The maximum Gasteiger partial charge on any atom is 0.358 e. The van der Waals surface area contributed by atoms with Gasteiger partial charge in [-0.05, 0) is 28.1 Å². The lowest BCUT2D eigenvalue weighted by atomic mass is 10.1. The molecule has 0 aliphatic carbocycles. The molecule has 0 amide bonds. The highest BCUT2D eigenvalue weighted by atomic mass is 79.9. The van der Waals surface area contributed by atoms with Crippen LogP contribution in [-0.2, 0) is 0 Å². The van der Waals surface area contributed by atoms with Gasteiger partial charge in [0.05, 0.1) is 17.1 Å². The molecule has 0 aliphatic heterocycles. The van der Waals surface area contributed by atoms with Crippen molar-refractivity contribution in [2.24, 2.45) is 0 Å². The van der Waals surface area contributed by atoms with E-state index in [2.05, 4.69) is 21.1 Å². The standard InChI is InChI=1S/C11H8BrNO5/c1-17-5-2-6(10(14)7(12)3-5)9-4-8(11(15)16)13-18-9/h2-4,14H,1H3,(H,15,16). The third-order valence-electron chi connectivity index (χ3n) is 2.27. The lowest BCUT2D eigenvalue weighted by molar-refractivity contribution is 0.0686. The first-order chi connectivity index (χ1) is 8.52. The molecule has 0 aliphatic rings. The van der Waals surface area contributed by atoms with Crippen molar-refractivity contribution in [1.82, 2.24) is 5.16 Å². The third kappa shape index (κ3) is 2.17. The zero-order chi connectivity index (χ0) is 13.3. The molecule has 0 bridgehead atoms. The van der Waals surface area contributed by atoms with Gasteiger partial charge in [0.15, 0.2) is 11.5 Å². The van der Waals surface area contributed by atoms with Crippen LogP contribution < -0.4 is 4.74 Å². The first-order valence-electron chi connectivity index (χ1n) is 4.80. The average Bonchev–Trinajstić information content (AvgIpc) is 2.82. The van der Waals surface area contributed by atoms with E-state index in [0.717, 1.165) is 0 Å². The summed E-state index contributed by atoms with van der Waals surface area (Å²) in [5.74, 6) is -0.650. The van der Waals surface area contributed by atoms with Crippen LogP contribution >= 0.6 is 15.9 Å². The second-order valence-electron chi connectivity index (χ2n) is 3.39. The molecule has 0 spiro atoms. The summed E-state index contributed by atoms with van der Waals surface area (Å²) in [5, 5.41) is 22.0. The van der Waals surface area contributed by atoms with Crippen molar-refractivity contribution in [2.75, 3.05) is 7.11 Å². The topological polar surface area (TPSA) is 92.8 Å². The number of benzene rings is 1. The first kappa shape index (κ1) is 12.4. The Bertz CT molecular complexity index is 607. The molecule has 0 unspecified atom stereocenters. The van der Waals surface area contributed by atoms with E-state index < -0.39 is 5.97 Å². The highest BCUT2D eigenvalue weighted by Crippen LogP contribution is 2.39. The van der Waals surface area contributed by atoms with Crippen molar-refractivity contribution < 1.29 is 24.3 Å². The van der Waals surface area contributed by atoms with E-state index >= 15 is 0 Å². The predicted molar refractivity (Wildman–Crippen MR) is 64.8 cm³/mol. The number of carboxylic acids is 1. The van der Waals surface area contributed by atoms with Crippen molar-refractivity contribution >= 4 is 21.9 Å². The molecule has 0 atom stereocenters. The fourth-order valence-electron chi connectivity index (χ4n) is 1.38. The summed E-state index contributed by atoms with van der Waals surface area (Å²) in [6, 6.07) is 4.32. The predicted octanol–water partition coefficient (Wildman–Crippen LogP) is 2.52. The fraction of sp³-hybridized carbons (Fsp3) is 0.0909. The van der Waals surface area contributed by atoms with Crippen molar-refractivity contribution in [3.63, 3.8) is 0 Å². The van der Waals surface area contributed by atoms with E-state index in [-0.39, 0.29) is 17.2 Å². The number of halogens is 1. The number of hydrogen-bond donors (Lipinski definition) is 2. The molecule has 2 aromatic rings. The van der Waals surface area contributed by atoms with Gasteiger partial charge in [0, 0.05) is 6.07 Å². The number of hydrogen-bond acceptors (Lipinski definition) is 5.